The third kappa shape index (κ3) is 754. The first-order valence-corrected chi connectivity index (χ1v) is 6.57. The van der Waals surface area contributed by atoms with E-state index in [9.17, 15) is 0 Å². The van der Waals surface area contributed by atoms with E-state index in [1.165, 1.54) is 0 Å². The third-order valence-corrected chi connectivity index (χ3v) is 0. The second-order valence-electron chi connectivity index (χ2n) is 0.894. The molecule has 0 atom stereocenters. The van der Waals surface area contributed by atoms with Crippen molar-refractivity contribution in [2.45, 2.75) is 0 Å². The average molecular weight is 677 g/mol. The molecule has 0 aromatic rings. The molecule has 0 N–H and O–H groups in total. The van der Waals surface area contributed by atoms with Crippen molar-refractivity contribution in [1.82, 2.24) is 0 Å². The Hall–Kier alpha value is 3.45. The fraction of sp³-hybridized carbons (Fsp3) is 0. The Morgan fingerprint density at radius 1 is 0.300 bits per heavy atom. The van der Waals surface area contributed by atoms with Crippen molar-refractivity contribution in [2.75, 3.05) is 0 Å². The molecule has 0 aliphatic heterocycles. The molecular formula is Co3O12P4W. The first kappa shape index (κ1) is 49.5. The Labute approximate surface area is 163 Å². The monoisotopic (exact) mass is 677 g/mol. The summed E-state index contributed by atoms with van der Waals surface area (Å²) in [5.74, 6) is 0. The summed E-state index contributed by atoms with van der Waals surface area (Å²) < 4.78 is 0. The maximum Gasteiger partial charge on any atom is 6.00 e. The van der Waals surface area contributed by atoms with Gasteiger partial charge in [0.25, 0.3) is 0 Å². The van der Waals surface area contributed by atoms with Crippen LogP contribution in [0.5, 0.6) is 0 Å². The van der Waals surface area contributed by atoms with Crippen LogP contribution >= 0.6 is 34.4 Å². The molecule has 0 aliphatic rings. The maximum atomic E-state index is 8.48. The van der Waals surface area contributed by atoms with Crippen LogP contribution in [0.2, 0.25) is 0 Å². The van der Waals surface area contributed by atoms with Gasteiger partial charge in [-0.15, -0.1) is 0 Å². The van der Waals surface area contributed by atoms with Crippen LogP contribution in [-0.2, 0) is 71.4 Å². The molecule has 0 aromatic heterocycles. The number of hydrogen-bond acceptors (Lipinski definition) is 12. The van der Waals surface area contributed by atoms with Crippen LogP contribution in [-0.4, -0.2) is 0 Å². The minimum Gasteiger partial charge on any atom is -0.854 e. The predicted molar refractivity (Wildman–Crippen MR) is 27.7 cm³/mol. The van der Waals surface area contributed by atoms with E-state index in [-0.39, 0.29) is 71.4 Å². The van der Waals surface area contributed by atoms with E-state index in [4.69, 9.17) is 58.7 Å². The summed E-state index contributed by atoms with van der Waals surface area (Å²) in [6.45, 7) is 0. The minimum atomic E-state index is -3.37. The van der Waals surface area contributed by atoms with Crippen LogP contribution in [0.4, 0.5) is 0 Å². The molecule has 20 heavy (non-hydrogen) atoms. The summed E-state index contributed by atoms with van der Waals surface area (Å²) in [4.78, 5) is 102. The van der Waals surface area contributed by atoms with Crippen molar-refractivity contribution in [3.63, 3.8) is 0 Å². The fourth-order valence-electron chi connectivity index (χ4n) is 0. The molecule has 0 aliphatic carbocycles. The molecule has 0 unspecified atom stereocenters. The molecule has 0 rings (SSSR count). The van der Waals surface area contributed by atoms with Crippen LogP contribution in [0.15, 0.2) is 0 Å². The predicted octanol–water partition coefficient (Wildman–Crippen LogP) is -10.8. The Morgan fingerprint density at radius 2 is 0.300 bits per heavy atom. The molecule has 0 heterocycles. The standard InChI is InChI=1S/3Co.4O3P.W/c;;;4*1-4(2)3;/q3*+2;4*-3;+6. The van der Waals surface area contributed by atoms with Gasteiger partial charge in [-0.05, 0) is 0 Å². The van der Waals surface area contributed by atoms with Crippen LogP contribution in [0, 0.1) is 0 Å². The molecule has 20 heteroatoms. The molecule has 0 saturated carbocycles. The molecular weight excluding hydrogens is 677 g/mol. The van der Waals surface area contributed by atoms with E-state index in [0.717, 1.165) is 0 Å². The van der Waals surface area contributed by atoms with Crippen LogP contribution in [0.25, 0.3) is 0 Å². The first-order valence-electron chi connectivity index (χ1n) is 2.19. The van der Waals surface area contributed by atoms with Gasteiger partial charge in [-0.1, -0.05) is 0 Å². The van der Waals surface area contributed by atoms with E-state index in [1.54, 1.807) is 0 Å². The second kappa shape index (κ2) is 43.3. The van der Waals surface area contributed by atoms with Gasteiger partial charge in [0, 0.05) is 0 Å². The molecule has 3 radical (unpaired) electrons. The third-order valence-electron chi connectivity index (χ3n) is 0. The molecule has 0 aromatic carbocycles. The maximum absolute atomic E-state index is 8.48. The van der Waals surface area contributed by atoms with E-state index in [1.807, 2.05) is 0 Å². The quantitative estimate of drug-likeness (QED) is 0.216. The van der Waals surface area contributed by atoms with Crippen molar-refractivity contribution in [1.29, 1.82) is 0 Å². The Morgan fingerprint density at radius 3 is 0.300 bits per heavy atom. The molecule has 0 spiro atoms. The molecule has 0 bridgehead atoms. The van der Waals surface area contributed by atoms with Gasteiger partial charge < -0.3 is 93.1 Å². The summed E-state index contributed by atoms with van der Waals surface area (Å²) in [6, 6.07) is 0. The zero-order valence-electron chi connectivity index (χ0n) is 8.10. The summed E-state index contributed by atoms with van der Waals surface area (Å²) in [7, 11) is -13.5. The zero-order valence-corrected chi connectivity index (χ0v) is 17.7. The van der Waals surface area contributed by atoms with Gasteiger partial charge in [0.1, 0.15) is 0 Å². The SMILES string of the molecule is [Co+2].[Co+2].[Co+2].[O-]P([O-])[O-].[O-]P([O-])[O-].[O-]P([O-])[O-].[O-]P([O-])[O-].[W+6]. The van der Waals surface area contributed by atoms with E-state index in [2.05, 4.69) is 0 Å². The van der Waals surface area contributed by atoms with Gasteiger partial charge >= 0.3 is 71.4 Å². The number of rotatable bonds is 0. The van der Waals surface area contributed by atoms with Gasteiger partial charge in [-0.2, -0.15) is 0 Å². The van der Waals surface area contributed by atoms with Crippen LogP contribution < -0.4 is 58.7 Å². The molecule has 12 nitrogen and oxygen atoms in total. The zero-order chi connectivity index (χ0) is 14.3. The van der Waals surface area contributed by atoms with Crippen molar-refractivity contribution < 1.29 is 130 Å². The van der Waals surface area contributed by atoms with Crippen molar-refractivity contribution in [3.05, 3.63) is 0 Å². The minimum absolute atomic E-state index is 0. The molecule has 0 fully saturated rings. The van der Waals surface area contributed by atoms with Crippen LogP contribution in [0.3, 0.4) is 0 Å². The Balaban J connectivity index is -0.0000000150. The topological polar surface area (TPSA) is 277 Å². The van der Waals surface area contributed by atoms with E-state index >= 15 is 0 Å². The summed E-state index contributed by atoms with van der Waals surface area (Å²) in [6.07, 6.45) is 0. The Kier molecular flexibility index (Phi) is 107. The normalized spacial score (nSPS) is 7.20. The Bertz CT molecular complexity index is 73.7. The smallest absolute Gasteiger partial charge is 0.854 e. The molecule has 125 valence electrons. The van der Waals surface area contributed by atoms with E-state index < -0.39 is 34.4 Å². The van der Waals surface area contributed by atoms with Gasteiger partial charge in [-0.25, -0.2) is 0 Å². The van der Waals surface area contributed by atoms with Crippen molar-refractivity contribution in [2.24, 2.45) is 0 Å². The average Bonchev–Trinajstić information content (AvgIpc) is 1.76. The number of hydrogen-bond donors (Lipinski definition) is 0. The van der Waals surface area contributed by atoms with Crippen molar-refractivity contribution in [3.8, 4) is 0 Å². The van der Waals surface area contributed by atoms with E-state index in [0.29, 0.717) is 0 Å². The van der Waals surface area contributed by atoms with Crippen LogP contribution in [0.1, 0.15) is 0 Å². The second-order valence-corrected chi connectivity index (χ2v) is 2.68. The van der Waals surface area contributed by atoms with Crippen molar-refractivity contribution >= 4 is 34.4 Å². The summed E-state index contributed by atoms with van der Waals surface area (Å²) in [5.41, 5.74) is 0. The first-order chi connectivity index (χ1) is 6.93. The summed E-state index contributed by atoms with van der Waals surface area (Å²) in [5, 5.41) is 0. The van der Waals surface area contributed by atoms with Gasteiger partial charge in [-0.3, -0.25) is 0 Å². The molecule has 0 amide bonds. The van der Waals surface area contributed by atoms with Gasteiger partial charge in [0.2, 0.25) is 0 Å². The van der Waals surface area contributed by atoms with Gasteiger partial charge in [0.05, 0.1) is 0 Å². The molecule has 0 saturated heterocycles. The van der Waals surface area contributed by atoms with Gasteiger partial charge in [0.15, 0.2) is 0 Å². The fourth-order valence-corrected chi connectivity index (χ4v) is 0. The largest absolute Gasteiger partial charge is 6.00 e. The summed E-state index contributed by atoms with van der Waals surface area (Å²) >= 11 is 0.